The number of carbonyl (C=O) groups is 2. The highest BCUT2D eigenvalue weighted by atomic mass is 16.2. The Morgan fingerprint density at radius 2 is 1.76 bits per heavy atom. The molecule has 2 bridgehead atoms. The molecule has 0 unspecified atom stereocenters. The first kappa shape index (κ1) is 19.8. The van der Waals surface area contributed by atoms with Crippen LogP contribution in [0.5, 0.6) is 0 Å². The predicted octanol–water partition coefficient (Wildman–Crippen LogP) is 0.419. The van der Waals surface area contributed by atoms with Crippen LogP contribution in [0, 0.1) is 23.7 Å². The first-order valence-electron chi connectivity index (χ1n) is 10.6. The number of piperazine rings is 1. The summed E-state index contributed by atoms with van der Waals surface area (Å²) in [6, 6.07) is 1.83. The van der Waals surface area contributed by atoms with Crippen molar-refractivity contribution in [3.05, 3.63) is 30.6 Å². The zero-order valence-electron chi connectivity index (χ0n) is 16.7. The minimum absolute atomic E-state index is 0.0119. The standard InChI is InChI=1S/C21H30N6O2/c22-19(28)17-15-4-5-16(14-15)18(17)20(29)23-6-1-2-9-26-10-12-27(13-11-26)21-24-7-3-8-25-21/h1-3,7-8,15-18H,4-6,9-14H2,(H2,22,28)(H,23,29)/b2-1-/t15-,16+,17+,18-/m1/s1. The number of hydrogen-bond donors (Lipinski definition) is 2. The molecule has 1 saturated heterocycles. The average molecular weight is 399 g/mol. The van der Waals surface area contributed by atoms with E-state index in [4.69, 9.17) is 5.73 Å². The van der Waals surface area contributed by atoms with E-state index in [0.717, 1.165) is 57.9 Å². The van der Waals surface area contributed by atoms with Crippen LogP contribution in [-0.4, -0.2) is 66.0 Å². The second-order valence-corrected chi connectivity index (χ2v) is 8.34. The summed E-state index contributed by atoms with van der Waals surface area (Å²) in [6.07, 6.45) is 10.7. The molecule has 3 aliphatic rings. The van der Waals surface area contributed by atoms with E-state index >= 15 is 0 Å². The molecule has 29 heavy (non-hydrogen) atoms. The summed E-state index contributed by atoms with van der Waals surface area (Å²) in [4.78, 5) is 37.6. The van der Waals surface area contributed by atoms with Crippen LogP contribution >= 0.6 is 0 Å². The number of carbonyl (C=O) groups excluding carboxylic acids is 2. The van der Waals surface area contributed by atoms with E-state index < -0.39 is 0 Å². The number of nitrogens with one attached hydrogen (secondary N) is 1. The van der Waals surface area contributed by atoms with Crippen LogP contribution in [-0.2, 0) is 9.59 Å². The van der Waals surface area contributed by atoms with E-state index in [-0.39, 0.29) is 23.7 Å². The third-order valence-electron chi connectivity index (χ3n) is 6.68. The molecule has 4 rings (SSSR count). The Morgan fingerprint density at radius 1 is 1.07 bits per heavy atom. The predicted molar refractivity (Wildman–Crippen MR) is 110 cm³/mol. The molecule has 2 heterocycles. The van der Waals surface area contributed by atoms with Crippen molar-refractivity contribution in [3.63, 3.8) is 0 Å². The zero-order valence-corrected chi connectivity index (χ0v) is 16.7. The second-order valence-electron chi connectivity index (χ2n) is 8.34. The van der Waals surface area contributed by atoms with Crippen LogP contribution in [0.1, 0.15) is 19.3 Å². The maximum Gasteiger partial charge on any atom is 0.225 e. The normalized spacial score (nSPS) is 29.4. The molecule has 8 heteroatoms. The molecular weight excluding hydrogens is 368 g/mol. The molecule has 0 spiro atoms. The molecule has 3 fully saturated rings. The number of rotatable bonds is 7. The van der Waals surface area contributed by atoms with Gasteiger partial charge in [-0.1, -0.05) is 12.2 Å². The lowest BCUT2D eigenvalue weighted by Gasteiger charge is -2.34. The monoisotopic (exact) mass is 398 g/mol. The van der Waals surface area contributed by atoms with Crippen LogP contribution in [0.3, 0.4) is 0 Å². The van der Waals surface area contributed by atoms with Gasteiger partial charge in [0.15, 0.2) is 0 Å². The number of anilines is 1. The first-order valence-corrected chi connectivity index (χ1v) is 10.6. The van der Waals surface area contributed by atoms with Crippen LogP contribution in [0.4, 0.5) is 5.95 Å². The van der Waals surface area contributed by atoms with Gasteiger partial charge in [0, 0.05) is 51.7 Å². The average Bonchev–Trinajstić information content (AvgIpc) is 3.36. The van der Waals surface area contributed by atoms with Gasteiger partial charge in [-0.05, 0) is 37.2 Å². The fraction of sp³-hybridized carbons (Fsp3) is 0.619. The molecule has 1 aromatic rings. The van der Waals surface area contributed by atoms with Gasteiger partial charge in [0.1, 0.15) is 0 Å². The molecule has 3 N–H and O–H groups in total. The van der Waals surface area contributed by atoms with E-state index in [0.29, 0.717) is 18.4 Å². The fourth-order valence-electron chi connectivity index (χ4n) is 5.25. The Bertz CT molecular complexity index is 747. The number of amides is 2. The number of nitrogens with zero attached hydrogens (tertiary/aromatic N) is 4. The van der Waals surface area contributed by atoms with Crippen molar-refractivity contribution in [2.75, 3.05) is 44.2 Å². The van der Waals surface area contributed by atoms with Crippen molar-refractivity contribution >= 4 is 17.8 Å². The highest BCUT2D eigenvalue weighted by Crippen LogP contribution is 2.52. The maximum absolute atomic E-state index is 12.6. The molecule has 2 saturated carbocycles. The molecule has 2 amide bonds. The summed E-state index contributed by atoms with van der Waals surface area (Å²) in [7, 11) is 0. The maximum atomic E-state index is 12.6. The lowest BCUT2D eigenvalue weighted by molar-refractivity contribution is -0.135. The summed E-state index contributed by atoms with van der Waals surface area (Å²) in [6.45, 7) is 5.09. The topological polar surface area (TPSA) is 104 Å². The molecule has 1 aliphatic heterocycles. The van der Waals surface area contributed by atoms with Gasteiger partial charge in [0.2, 0.25) is 17.8 Å². The lowest BCUT2D eigenvalue weighted by Crippen LogP contribution is -2.47. The quantitative estimate of drug-likeness (QED) is 0.645. The number of fused-ring (bicyclic) bond motifs is 2. The van der Waals surface area contributed by atoms with E-state index in [1.165, 1.54) is 0 Å². The van der Waals surface area contributed by atoms with Gasteiger partial charge in [-0.25, -0.2) is 9.97 Å². The summed E-state index contributed by atoms with van der Waals surface area (Å²) in [5.74, 6) is 0.598. The highest BCUT2D eigenvalue weighted by Gasteiger charge is 2.52. The Kier molecular flexibility index (Phi) is 6.08. The van der Waals surface area contributed by atoms with Gasteiger partial charge in [0.05, 0.1) is 11.8 Å². The van der Waals surface area contributed by atoms with Crippen molar-refractivity contribution in [1.29, 1.82) is 0 Å². The summed E-state index contributed by atoms with van der Waals surface area (Å²) in [5.41, 5.74) is 5.57. The molecular formula is C21H30N6O2. The van der Waals surface area contributed by atoms with Crippen LogP contribution in [0.25, 0.3) is 0 Å². The van der Waals surface area contributed by atoms with Crippen molar-refractivity contribution in [1.82, 2.24) is 20.2 Å². The van der Waals surface area contributed by atoms with Gasteiger partial charge in [-0.15, -0.1) is 0 Å². The van der Waals surface area contributed by atoms with Crippen molar-refractivity contribution < 1.29 is 9.59 Å². The van der Waals surface area contributed by atoms with Gasteiger partial charge in [-0.3, -0.25) is 14.5 Å². The Morgan fingerprint density at radius 3 is 2.45 bits per heavy atom. The van der Waals surface area contributed by atoms with Crippen molar-refractivity contribution in [2.45, 2.75) is 19.3 Å². The molecule has 156 valence electrons. The van der Waals surface area contributed by atoms with Crippen LogP contribution in [0.2, 0.25) is 0 Å². The molecule has 8 nitrogen and oxygen atoms in total. The SMILES string of the molecule is NC(=O)[C@H]1[C@@H]2CC[C@@H](C2)[C@H]1C(=O)NC/C=C\CN1CCN(c2ncccn2)CC1. The summed E-state index contributed by atoms with van der Waals surface area (Å²) >= 11 is 0. The smallest absolute Gasteiger partial charge is 0.225 e. The molecule has 4 atom stereocenters. The van der Waals surface area contributed by atoms with Gasteiger partial charge >= 0.3 is 0 Å². The Hall–Kier alpha value is -2.48. The lowest BCUT2D eigenvalue weighted by atomic mass is 9.78. The largest absolute Gasteiger partial charge is 0.369 e. The van der Waals surface area contributed by atoms with Gasteiger partial charge in [-0.2, -0.15) is 0 Å². The third-order valence-corrected chi connectivity index (χ3v) is 6.68. The fourth-order valence-corrected chi connectivity index (χ4v) is 5.25. The second kappa shape index (κ2) is 8.90. The minimum Gasteiger partial charge on any atom is -0.369 e. The number of hydrogen-bond acceptors (Lipinski definition) is 6. The van der Waals surface area contributed by atoms with Gasteiger partial charge < -0.3 is 16.0 Å². The Balaban J connectivity index is 1.17. The molecule has 2 aliphatic carbocycles. The van der Waals surface area contributed by atoms with Crippen LogP contribution < -0.4 is 16.0 Å². The molecule has 0 radical (unpaired) electrons. The first-order chi connectivity index (χ1) is 14.1. The zero-order chi connectivity index (χ0) is 20.2. The van der Waals surface area contributed by atoms with Crippen molar-refractivity contribution in [2.24, 2.45) is 29.4 Å². The van der Waals surface area contributed by atoms with Gasteiger partial charge in [0.25, 0.3) is 0 Å². The third kappa shape index (κ3) is 4.42. The molecule has 0 aromatic carbocycles. The number of nitrogens with two attached hydrogens (primary N) is 1. The summed E-state index contributed by atoms with van der Waals surface area (Å²) < 4.78 is 0. The molecule has 1 aromatic heterocycles. The Labute approximate surface area is 171 Å². The summed E-state index contributed by atoms with van der Waals surface area (Å²) in [5, 5.41) is 2.98. The number of aromatic nitrogens is 2. The highest BCUT2D eigenvalue weighted by molar-refractivity contribution is 5.88. The van der Waals surface area contributed by atoms with E-state index in [9.17, 15) is 9.59 Å². The van der Waals surface area contributed by atoms with Crippen LogP contribution in [0.15, 0.2) is 30.6 Å². The number of primary amides is 1. The minimum atomic E-state index is -0.312. The van der Waals surface area contributed by atoms with E-state index in [1.54, 1.807) is 12.4 Å². The van der Waals surface area contributed by atoms with E-state index in [1.807, 2.05) is 12.1 Å². The van der Waals surface area contributed by atoms with E-state index in [2.05, 4.69) is 31.2 Å². The van der Waals surface area contributed by atoms with Crippen molar-refractivity contribution in [3.8, 4) is 0 Å².